The Balaban J connectivity index is 1.85. The van der Waals surface area contributed by atoms with Gasteiger partial charge in [-0.3, -0.25) is 14.3 Å². The number of methoxy groups -OCH3 is 1. The van der Waals surface area contributed by atoms with Crippen molar-refractivity contribution >= 4 is 29.1 Å². The first-order valence-electron chi connectivity index (χ1n) is 11.4. The lowest BCUT2D eigenvalue weighted by Gasteiger charge is -2.26. The van der Waals surface area contributed by atoms with Crippen LogP contribution in [-0.4, -0.2) is 29.2 Å². The minimum absolute atomic E-state index is 0.195. The van der Waals surface area contributed by atoms with E-state index in [1.54, 1.807) is 37.1 Å². The summed E-state index contributed by atoms with van der Waals surface area (Å²) >= 11 is 1.27. The molecule has 1 aliphatic rings. The lowest BCUT2D eigenvalue weighted by molar-refractivity contribution is -0.138. The highest BCUT2D eigenvalue weighted by Crippen LogP contribution is 2.36. The van der Waals surface area contributed by atoms with E-state index >= 15 is 0 Å². The number of pyridine rings is 1. The number of fused-ring (bicyclic) bond motifs is 1. The molecule has 5 rings (SSSR count). The fraction of sp³-hybridized carbons (Fsp3) is 0.143. The van der Waals surface area contributed by atoms with Gasteiger partial charge in [0.1, 0.15) is 5.75 Å². The van der Waals surface area contributed by atoms with Crippen LogP contribution in [0.1, 0.15) is 29.7 Å². The molecule has 7 nitrogen and oxygen atoms in total. The molecule has 36 heavy (non-hydrogen) atoms. The predicted octanol–water partition coefficient (Wildman–Crippen LogP) is 3.34. The van der Waals surface area contributed by atoms with Crippen LogP contribution in [-0.2, 0) is 9.53 Å². The second-order valence-corrected chi connectivity index (χ2v) is 9.00. The molecule has 0 saturated carbocycles. The summed E-state index contributed by atoms with van der Waals surface area (Å²) < 4.78 is 13.0. The van der Waals surface area contributed by atoms with Gasteiger partial charge in [-0.25, -0.2) is 9.79 Å². The van der Waals surface area contributed by atoms with Gasteiger partial charge in [-0.2, -0.15) is 0 Å². The summed E-state index contributed by atoms with van der Waals surface area (Å²) in [5.74, 6) is 0.0981. The normalized spacial score (nSPS) is 15.3. The van der Waals surface area contributed by atoms with Gasteiger partial charge in [0, 0.05) is 18.0 Å². The van der Waals surface area contributed by atoms with Crippen LogP contribution in [0.2, 0.25) is 0 Å². The van der Waals surface area contributed by atoms with Gasteiger partial charge in [-0.15, -0.1) is 0 Å². The van der Waals surface area contributed by atoms with E-state index in [2.05, 4.69) is 4.98 Å². The van der Waals surface area contributed by atoms with E-state index in [1.165, 1.54) is 11.3 Å². The number of aromatic nitrogens is 2. The van der Waals surface area contributed by atoms with Crippen molar-refractivity contribution in [2.75, 3.05) is 13.7 Å². The minimum Gasteiger partial charge on any atom is -0.497 e. The fourth-order valence-electron chi connectivity index (χ4n) is 4.18. The first kappa shape index (κ1) is 23.4. The Morgan fingerprint density at radius 3 is 2.67 bits per heavy atom. The van der Waals surface area contributed by atoms with Crippen molar-refractivity contribution in [1.82, 2.24) is 9.55 Å². The first-order chi connectivity index (χ1) is 17.6. The third kappa shape index (κ3) is 4.38. The van der Waals surface area contributed by atoms with E-state index < -0.39 is 12.0 Å². The van der Waals surface area contributed by atoms with Gasteiger partial charge < -0.3 is 9.47 Å². The average Bonchev–Trinajstić information content (AvgIpc) is 3.23. The van der Waals surface area contributed by atoms with Crippen LogP contribution in [0.3, 0.4) is 0 Å². The molecule has 0 N–H and O–H groups in total. The lowest BCUT2D eigenvalue weighted by atomic mass is 9.93. The summed E-state index contributed by atoms with van der Waals surface area (Å²) in [6.07, 6.45) is 5.16. The molecule has 0 amide bonds. The number of esters is 1. The standard InChI is InChI=1S/C28H23N3O4S/c1-3-35-27(33)23-24(19-10-5-4-6-11-19)30-28-31(25(23)20-12-7-13-21(16-20)34-2)26(32)22(36-28)15-18-9-8-14-29-17-18/h4-17,25H,3H2,1-2H3/b22-15-/t25-/m1/s1. The molecular formula is C28H23N3O4S. The van der Waals surface area contributed by atoms with Crippen LogP contribution in [0.4, 0.5) is 0 Å². The maximum atomic E-state index is 13.8. The highest BCUT2D eigenvalue weighted by Gasteiger charge is 2.35. The molecule has 2 aromatic carbocycles. The molecule has 0 fully saturated rings. The van der Waals surface area contributed by atoms with Crippen LogP contribution >= 0.6 is 11.3 Å². The second kappa shape index (κ2) is 10.1. The number of ether oxygens (including phenoxy) is 2. The van der Waals surface area contributed by atoms with E-state index in [4.69, 9.17) is 14.5 Å². The van der Waals surface area contributed by atoms with Crippen molar-refractivity contribution in [2.45, 2.75) is 13.0 Å². The van der Waals surface area contributed by atoms with Crippen molar-refractivity contribution in [2.24, 2.45) is 4.99 Å². The first-order valence-corrected chi connectivity index (χ1v) is 12.2. The molecule has 4 aromatic rings. The Hall–Kier alpha value is -4.30. The zero-order chi connectivity index (χ0) is 25.1. The summed E-state index contributed by atoms with van der Waals surface area (Å²) in [5.41, 5.74) is 2.82. The van der Waals surface area contributed by atoms with Crippen molar-refractivity contribution in [1.29, 1.82) is 0 Å². The van der Waals surface area contributed by atoms with E-state index in [1.807, 2.05) is 66.7 Å². The van der Waals surface area contributed by atoms with E-state index in [9.17, 15) is 9.59 Å². The highest BCUT2D eigenvalue weighted by molar-refractivity contribution is 7.07. The van der Waals surface area contributed by atoms with Gasteiger partial charge in [-0.05, 0) is 42.3 Å². The Labute approximate surface area is 211 Å². The van der Waals surface area contributed by atoms with Gasteiger partial charge in [0.25, 0.3) is 5.56 Å². The molecule has 0 radical (unpaired) electrons. The van der Waals surface area contributed by atoms with Crippen LogP contribution in [0.25, 0.3) is 11.8 Å². The molecule has 180 valence electrons. The monoisotopic (exact) mass is 497 g/mol. The highest BCUT2D eigenvalue weighted by atomic mass is 32.1. The Kier molecular flexibility index (Phi) is 6.60. The van der Waals surface area contributed by atoms with Crippen LogP contribution in [0.5, 0.6) is 5.75 Å². The maximum Gasteiger partial charge on any atom is 0.338 e. The fourth-order valence-corrected chi connectivity index (χ4v) is 5.18. The molecule has 0 spiro atoms. The van der Waals surface area contributed by atoms with Crippen LogP contribution < -0.4 is 19.6 Å². The summed E-state index contributed by atoms with van der Waals surface area (Å²) in [6.45, 7) is 1.95. The van der Waals surface area contributed by atoms with E-state index in [0.717, 1.165) is 16.7 Å². The number of benzene rings is 2. The average molecular weight is 498 g/mol. The number of thiazole rings is 1. The topological polar surface area (TPSA) is 82.8 Å². The molecule has 0 aliphatic carbocycles. The largest absolute Gasteiger partial charge is 0.497 e. The van der Waals surface area contributed by atoms with Gasteiger partial charge in [0.2, 0.25) is 0 Å². The third-order valence-corrected chi connectivity index (χ3v) is 6.75. The number of carbonyl (C=O) groups is 1. The number of hydrogen-bond donors (Lipinski definition) is 0. The van der Waals surface area contributed by atoms with Gasteiger partial charge in [0.15, 0.2) is 4.80 Å². The zero-order valence-electron chi connectivity index (χ0n) is 19.8. The van der Waals surface area contributed by atoms with Crippen molar-refractivity contribution < 1.29 is 14.3 Å². The minimum atomic E-state index is -0.748. The number of carbonyl (C=O) groups excluding carboxylic acids is 1. The smallest absolute Gasteiger partial charge is 0.338 e. The molecule has 0 saturated heterocycles. The van der Waals surface area contributed by atoms with Crippen molar-refractivity contribution in [3.05, 3.63) is 121 Å². The van der Waals surface area contributed by atoms with Crippen molar-refractivity contribution in [3.8, 4) is 5.75 Å². The molecule has 0 bridgehead atoms. The second-order valence-electron chi connectivity index (χ2n) is 7.99. The summed E-state index contributed by atoms with van der Waals surface area (Å²) in [5, 5.41) is 0. The summed E-state index contributed by atoms with van der Waals surface area (Å²) in [6, 6.07) is 19.8. The molecule has 2 aromatic heterocycles. The summed E-state index contributed by atoms with van der Waals surface area (Å²) in [7, 11) is 1.58. The lowest BCUT2D eigenvalue weighted by Crippen LogP contribution is -2.40. The van der Waals surface area contributed by atoms with Crippen LogP contribution in [0.15, 0.2) is 94.5 Å². The maximum absolute atomic E-state index is 13.8. The van der Waals surface area contributed by atoms with Gasteiger partial charge in [0.05, 0.1) is 35.6 Å². The van der Waals surface area contributed by atoms with E-state index in [-0.39, 0.29) is 12.2 Å². The van der Waals surface area contributed by atoms with Gasteiger partial charge in [-0.1, -0.05) is 59.9 Å². The Morgan fingerprint density at radius 2 is 1.94 bits per heavy atom. The predicted molar refractivity (Wildman–Crippen MR) is 138 cm³/mol. The van der Waals surface area contributed by atoms with Crippen LogP contribution in [0, 0.1) is 0 Å². The summed E-state index contributed by atoms with van der Waals surface area (Å²) in [4.78, 5) is 36.7. The molecule has 8 heteroatoms. The Morgan fingerprint density at radius 1 is 1.11 bits per heavy atom. The number of rotatable bonds is 6. The number of nitrogens with zero attached hydrogens (tertiary/aromatic N) is 3. The molecule has 1 atom stereocenters. The number of hydrogen-bond acceptors (Lipinski definition) is 7. The molecule has 1 aliphatic heterocycles. The quantitative estimate of drug-likeness (QED) is 0.382. The Bertz CT molecular complexity index is 1620. The third-order valence-electron chi connectivity index (χ3n) is 5.77. The SMILES string of the molecule is CCOC(=O)C1=C(c2ccccc2)N=c2s/c(=C\c3cccnc3)c(=O)n2[C@@H]1c1cccc(OC)c1. The van der Waals surface area contributed by atoms with Crippen molar-refractivity contribution in [3.63, 3.8) is 0 Å². The molecule has 3 heterocycles. The van der Waals surface area contributed by atoms with Gasteiger partial charge >= 0.3 is 5.97 Å². The zero-order valence-corrected chi connectivity index (χ0v) is 20.6. The molecular weight excluding hydrogens is 474 g/mol. The molecule has 0 unspecified atom stereocenters. The van der Waals surface area contributed by atoms with E-state index in [0.29, 0.717) is 26.4 Å².